The van der Waals surface area contributed by atoms with Crippen LogP contribution >= 0.6 is 0 Å². The Hall–Kier alpha value is -1.98. The van der Waals surface area contributed by atoms with Gasteiger partial charge in [-0.1, -0.05) is 0 Å². The Morgan fingerprint density at radius 1 is 1.55 bits per heavy atom. The van der Waals surface area contributed by atoms with Gasteiger partial charge in [0.1, 0.15) is 5.60 Å². The first-order valence-electron chi connectivity index (χ1n) is 7.59. The van der Waals surface area contributed by atoms with Crippen molar-refractivity contribution < 1.29 is 14.6 Å². The van der Waals surface area contributed by atoms with E-state index in [1.807, 2.05) is 32.7 Å². The highest BCUT2D eigenvalue weighted by molar-refractivity contribution is 5.68. The zero-order chi connectivity index (χ0) is 16.3. The molecule has 6 nitrogen and oxygen atoms in total. The van der Waals surface area contributed by atoms with E-state index in [1.54, 1.807) is 23.2 Å². The van der Waals surface area contributed by atoms with Crippen LogP contribution in [-0.4, -0.2) is 53.4 Å². The molecule has 0 saturated carbocycles. The number of likely N-dealkylation sites (tertiary alicyclic amines) is 1. The fraction of sp³-hybridized carbons (Fsp3) is 0.625. The van der Waals surface area contributed by atoms with Gasteiger partial charge >= 0.3 is 6.09 Å². The normalized spacial score (nSPS) is 18.4. The van der Waals surface area contributed by atoms with E-state index >= 15 is 0 Å². The second-order valence-corrected chi connectivity index (χ2v) is 6.81. The molecule has 1 N–H and O–H groups in total. The zero-order valence-electron chi connectivity index (χ0n) is 13.7. The molecule has 1 amide bonds. The maximum Gasteiger partial charge on any atom is 0.410 e. The van der Waals surface area contributed by atoms with E-state index in [9.17, 15) is 9.90 Å². The third-order valence-corrected chi connectivity index (χ3v) is 3.60. The number of hydrogen-bond acceptors (Lipinski definition) is 5. The largest absolute Gasteiger partial charge is 0.504 e. The number of carbonyl (C=O) groups excluding carboxylic acids is 1. The number of amides is 1. The zero-order valence-corrected chi connectivity index (χ0v) is 13.7. The monoisotopic (exact) mass is 307 g/mol. The van der Waals surface area contributed by atoms with Crippen molar-refractivity contribution in [3.05, 3.63) is 18.3 Å². The van der Waals surface area contributed by atoms with Crippen LogP contribution in [0.1, 0.15) is 27.2 Å². The molecule has 0 aromatic carbocycles. The maximum atomic E-state index is 12.1. The number of hydrogen-bond donors (Lipinski definition) is 1. The summed E-state index contributed by atoms with van der Waals surface area (Å²) in [6.07, 6.45) is 2.34. The van der Waals surface area contributed by atoms with Crippen LogP contribution in [0.4, 0.5) is 10.6 Å². The Kier molecular flexibility index (Phi) is 4.78. The van der Waals surface area contributed by atoms with Crippen molar-refractivity contribution in [1.82, 2.24) is 9.88 Å². The van der Waals surface area contributed by atoms with Crippen LogP contribution < -0.4 is 4.90 Å². The summed E-state index contributed by atoms with van der Waals surface area (Å²) in [6.45, 7) is 7.74. The van der Waals surface area contributed by atoms with Gasteiger partial charge in [0.05, 0.1) is 0 Å². The summed E-state index contributed by atoms with van der Waals surface area (Å²) in [5.41, 5.74) is -0.467. The van der Waals surface area contributed by atoms with Gasteiger partial charge < -0.3 is 19.6 Å². The summed E-state index contributed by atoms with van der Waals surface area (Å²) in [5.74, 6) is 1.09. The number of ether oxygens (including phenoxy) is 1. The van der Waals surface area contributed by atoms with Gasteiger partial charge in [-0.15, -0.1) is 0 Å². The Bertz CT molecular complexity index is 528. The van der Waals surface area contributed by atoms with Crippen LogP contribution in [0.25, 0.3) is 0 Å². The molecule has 0 radical (unpaired) electrons. The number of nitrogens with zero attached hydrogens (tertiary/aromatic N) is 3. The molecule has 22 heavy (non-hydrogen) atoms. The van der Waals surface area contributed by atoms with Gasteiger partial charge in [-0.2, -0.15) is 0 Å². The average Bonchev–Trinajstić information content (AvgIpc) is 2.85. The van der Waals surface area contributed by atoms with Crippen molar-refractivity contribution in [3.8, 4) is 5.75 Å². The highest BCUT2D eigenvalue weighted by Gasteiger charge is 2.30. The van der Waals surface area contributed by atoms with Crippen LogP contribution in [0.2, 0.25) is 0 Å². The number of pyridine rings is 1. The minimum atomic E-state index is -0.467. The minimum Gasteiger partial charge on any atom is -0.504 e. The highest BCUT2D eigenvalue weighted by Crippen LogP contribution is 2.26. The predicted octanol–water partition coefficient (Wildman–Crippen LogP) is 2.48. The molecule has 2 heterocycles. The van der Waals surface area contributed by atoms with Gasteiger partial charge in [0.15, 0.2) is 11.6 Å². The fourth-order valence-electron chi connectivity index (χ4n) is 2.63. The van der Waals surface area contributed by atoms with Gasteiger partial charge in [0, 0.05) is 32.9 Å². The van der Waals surface area contributed by atoms with Crippen molar-refractivity contribution in [1.29, 1.82) is 0 Å². The quantitative estimate of drug-likeness (QED) is 0.929. The van der Waals surface area contributed by atoms with Crippen LogP contribution in [0, 0.1) is 5.92 Å². The smallest absolute Gasteiger partial charge is 0.410 e. The van der Waals surface area contributed by atoms with E-state index in [2.05, 4.69) is 4.98 Å². The molecular formula is C16H25N3O3. The van der Waals surface area contributed by atoms with Gasteiger partial charge in [-0.05, 0) is 45.2 Å². The number of anilines is 1. The second kappa shape index (κ2) is 6.42. The molecule has 2 rings (SSSR count). The van der Waals surface area contributed by atoms with Crippen LogP contribution in [0.5, 0.6) is 5.75 Å². The van der Waals surface area contributed by atoms with E-state index in [1.165, 1.54) is 0 Å². The third-order valence-electron chi connectivity index (χ3n) is 3.60. The molecule has 122 valence electrons. The Balaban J connectivity index is 1.89. The van der Waals surface area contributed by atoms with Crippen molar-refractivity contribution >= 4 is 11.9 Å². The number of aromatic hydroxyl groups is 1. The molecule has 0 unspecified atom stereocenters. The molecule has 1 atom stereocenters. The lowest BCUT2D eigenvalue weighted by atomic mass is 10.1. The van der Waals surface area contributed by atoms with Gasteiger partial charge in [-0.3, -0.25) is 0 Å². The molecule has 1 aromatic heterocycles. The van der Waals surface area contributed by atoms with E-state index in [0.29, 0.717) is 24.8 Å². The summed E-state index contributed by atoms with van der Waals surface area (Å²) in [7, 11) is 1.90. The van der Waals surface area contributed by atoms with E-state index in [0.717, 1.165) is 13.0 Å². The topological polar surface area (TPSA) is 65.9 Å². The predicted molar refractivity (Wildman–Crippen MR) is 85.1 cm³/mol. The molecule has 1 aliphatic heterocycles. The summed E-state index contributed by atoms with van der Waals surface area (Å²) >= 11 is 0. The van der Waals surface area contributed by atoms with Crippen molar-refractivity contribution in [2.24, 2.45) is 5.92 Å². The first-order valence-corrected chi connectivity index (χ1v) is 7.59. The Morgan fingerprint density at radius 2 is 2.27 bits per heavy atom. The molecule has 1 aliphatic rings. The Morgan fingerprint density at radius 3 is 2.91 bits per heavy atom. The molecule has 0 aliphatic carbocycles. The molecule has 1 saturated heterocycles. The minimum absolute atomic E-state index is 0.173. The maximum absolute atomic E-state index is 12.1. The molecule has 1 fully saturated rings. The molecule has 0 spiro atoms. The van der Waals surface area contributed by atoms with E-state index in [4.69, 9.17) is 4.74 Å². The number of aromatic nitrogens is 1. The summed E-state index contributed by atoms with van der Waals surface area (Å²) in [4.78, 5) is 19.9. The number of rotatable bonds is 3. The highest BCUT2D eigenvalue weighted by atomic mass is 16.6. The molecule has 6 heteroatoms. The van der Waals surface area contributed by atoms with Crippen LogP contribution in [0.3, 0.4) is 0 Å². The number of carbonyl (C=O) groups is 1. The molecule has 0 bridgehead atoms. The van der Waals surface area contributed by atoms with Gasteiger partial charge in [0.2, 0.25) is 0 Å². The summed E-state index contributed by atoms with van der Waals surface area (Å²) < 4.78 is 5.40. The van der Waals surface area contributed by atoms with Gasteiger partial charge in [-0.25, -0.2) is 9.78 Å². The average molecular weight is 307 g/mol. The van der Waals surface area contributed by atoms with Crippen molar-refractivity contribution in [2.75, 3.05) is 31.6 Å². The summed E-state index contributed by atoms with van der Waals surface area (Å²) in [5, 5.41) is 9.83. The molecular weight excluding hydrogens is 282 g/mol. The van der Waals surface area contributed by atoms with Crippen LogP contribution in [0.15, 0.2) is 18.3 Å². The SMILES string of the molecule is CN(C[C@@H]1CCN(C(=O)OC(C)(C)C)C1)c1ncccc1O. The van der Waals surface area contributed by atoms with E-state index < -0.39 is 5.60 Å². The standard InChI is InChI=1S/C16H25N3O3/c1-16(2,3)22-15(21)19-9-7-12(11-19)10-18(4)14-13(20)6-5-8-17-14/h5-6,8,12,20H,7,9-11H2,1-4H3/t12-/m0/s1. The Labute approximate surface area is 131 Å². The van der Waals surface area contributed by atoms with Gasteiger partial charge in [0.25, 0.3) is 0 Å². The van der Waals surface area contributed by atoms with Crippen molar-refractivity contribution in [3.63, 3.8) is 0 Å². The van der Waals surface area contributed by atoms with Crippen molar-refractivity contribution in [2.45, 2.75) is 32.8 Å². The lowest BCUT2D eigenvalue weighted by Gasteiger charge is -2.25. The lowest BCUT2D eigenvalue weighted by molar-refractivity contribution is 0.0288. The third kappa shape index (κ3) is 4.26. The van der Waals surface area contributed by atoms with Crippen LogP contribution in [-0.2, 0) is 4.74 Å². The second-order valence-electron chi connectivity index (χ2n) is 6.81. The van der Waals surface area contributed by atoms with E-state index in [-0.39, 0.29) is 11.8 Å². The first-order chi connectivity index (χ1) is 10.3. The molecule has 1 aromatic rings. The first kappa shape index (κ1) is 16.4. The summed E-state index contributed by atoms with van der Waals surface area (Å²) in [6, 6.07) is 3.33. The lowest BCUT2D eigenvalue weighted by Crippen LogP contribution is -2.36. The fourth-order valence-corrected chi connectivity index (χ4v) is 2.63.